The van der Waals surface area contributed by atoms with Crippen LogP contribution in [-0.4, -0.2) is 31.8 Å². The molecule has 1 amide bonds. The molecule has 2 heterocycles. The van der Waals surface area contributed by atoms with Crippen molar-refractivity contribution in [3.8, 4) is 28.9 Å². The van der Waals surface area contributed by atoms with Crippen LogP contribution >= 0.6 is 0 Å². The van der Waals surface area contributed by atoms with Crippen LogP contribution in [0.5, 0.6) is 5.88 Å². The lowest BCUT2D eigenvalue weighted by Crippen LogP contribution is -2.32. The van der Waals surface area contributed by atoms with Crippen LogP contribution in [0.25, 0.3) is 16.9 Å². The summed E-state index contributed by atoms with van der Waals surface area (Å²) < 4.78 is 1.31. The second kappa shape index (κ2) is 7.53. The largest absolute Gasteiger partial charge is 0.493 e. The summed E-state index contributed by atoms with van der Waals surface area (Å²) >= 11 is 0. The van der Waals surface area contributed by atoms with Crippen molar-refractivity contribution in [2.24, 2.45) is 0 Å². The molecule has 0 atom stereocenters. The first-order valence-electron chi connectivity index (χ1n) is 9.20. The van der Waals surface area contributed by atoms with Crippen molar-refractivity contribution < 1.29 is 9.90 Å². The number of nitriles is 1. The summed E-state index contributed by atoms with van der Waals surface area (Å²) in [7, 11) is 0. The number of nitrogens with one attached hydrogen (secondary N) is 1. The van der Waals surface area contributed by atoms with Gasteiger partial charge < -0.3 is 10.4 Å². The van der Waals surface area contributed by atoms with E-state index in [2.05, 4.69) is 21.5 Å². The van der Waals surface area contributed by atoms with E-state index >= 15 is 0 Å². The van der Waals surface area contributed by atoms with Crippen molar-refractivity contribution in [1.29, 1.82) is 5.26 Å². The molecule has 1 aromatic carbocycles. The van der Waals surface area contributed by atoms with Crippen LogP contribution < -0.4 is 5.32 Å². The molecule has 2 aromatic heterocycles. The number of benzene rings is 1. The number of hydrogen-bond acceptors (Lipinski definition) is 5. The number of aromatic hydroxyl groups is 1. The van der Waals surface area contributed by atoms with Gasteiger partial charge in [-0.2, -0.15) is 15.0 Å². The third kappa shape index (κ3) is 3.45. The summed E-state index contributed by atoms with van der Waals surface area (Å²) in [6.07, 6.45) is 7.39. The van der Waals surface area contributed by atoms with Gasteiger partial charge >= 0.3 is 0 Å². The van der Waals surface area contributed by atoms with E-state index in [1.54, 1.807) is 42.6 Å². The first-order valence-corrected chi connectivity index (χ1v) is 9.20. The standard InChI is InChI=1S/C21H19N5O2/c22-11-14-5-7-15(8-6-14)18-13-24-26(21(18)28)19-10-9-16(12-23-19)20(27)25-17-3-1-2-4-17/h5-10,12-13,17,28H,1-4H2,(H,25,27). The average molecular weight is 373 g/mol. The van der Waals surface area contributed by atoms with Crippen LogP contribution in [0.4, 0.5) is 0 Å². The maximum Gasteiger partial charge on any atom is 0.253 e. The number of amides is 1. The SMILES string of the molecule is N#Cc1ccc(-c2cnn(-c3ccc(C(=O)NC4CCCC4)cn3)c2O)cc1. The van der Waals surface area contributed by atoms with Gasteiger partial charge in [0.2, 0.25) is 5.88 Å². The molecule has 1 aliphatic carbocycles. The van der Waals surface area contributed by atoms with E-state index in [0.29, 0.717) is 22.5 Å². The number of carbonyl (C=O) groups excluding carboxylic acids is 1. The number of aromatic nitrogens is 3. The molecule has 0 unspecified atom stereocenters. The molecule has 0 aliphatic heterocycles. The first kappa shape index (κ1) is 17.7. The van der Waals surface area contributed by atoms with Gasteiger partial charge in [-0.15, -0.1) is 0 Å². The highest BCUT2D eigenvalue weighted by molar-refractivity contribution is 5.94. The van der Waals surface area contributed by atoms with Gasteiger partial charge in [-0.25, -0.2) is 4.98 Å². The fourth-order valence-electron chi connectivity index (χ4n) is 3.42. The van der Waals surface area contributed by atoms with Crippen molar-refractivity contribution in [2.75, 3.05) is 0 Å². The van der Waals surface area contributed by atoms with E-state index in [4.69, 9.17) is 5.26 Å². The predicted molar refractivity (Wildman–Crippen MR) is 103 cm³/mol. The Morgan fingerprint density at radius 3 is 2.54 bits per heavy atom. The Balaban J connectivity index is 1.53. The quantitative estimate of drug-likeness (QED) is 0.731. The van der Waals surface area contributed by atoms with Crippen molar-refractivity contribution in [1.82, 2.24) is 20.1 Å². The highest BCUT2D eigenvalue weighted by atomic mass is 16.3. The van der Waals surface area contributed by atoms with E-state index in [0.717, 1.165) is 31.2 Å². The summed E-state index contributed by atoms with van der Waals surface area (Å²) in [5.74, 6) is 0.226. The third-order valence-electron chi connectivity index (χ3n) is 4.99. The molecule has 2 N–H and O–H groups in total. The minimum absolute atomic E-state index is 0.0552. The number of hydrogen-bond donors (Lipinski definition) is 2. The van der Waals surface area contributed by atoms with Crippen molar-refractivity contribution >= 4 is 5.91 Å². The molecule has 7 heteroatoms. The van der Waals surface area contributed by atoms with Gasteiger partial charge in [0, 0.05) is 12.2 Å². The molecular weight excluding hydrogens is 354 g/mol. The predicted octanol–water partition coefficient (Wildman–Crippen LogP) is 3.18. The fraction of sp³-hybridized carbons (Fsp3) is 0.238. The van der Waals surface area contributed by atoms with Crippen LogP contribution in [0.15, 0.2) is 48.8 Å². The van der Waals surface area contributed by atoms with Gasteiger partial charge in [-0.3, -0.25) is 4.79 Å². The van der Waals surface area contributed by atoms with Gasteiger partial charge in [0.15, 0.2) is 5.82 Å². The molecule has 28 heavy (non-hydrogen) atoms. The zero-order chi connectivity index (χ0) is 19.5. The van der Waals surface area contributed by atoms with Crippen molar-refractivity contribution in [2.45, 2.75) is 31.7 Å². The summed E-state index contributed by atoms with van der Waals surface area (Å²) in [4.78, 5) is 16.6. The highest BCUT2D eigenvalue weighted by Gasteiger charge is 2.19. The average Bonchev–Trinajstić information content (AvgIpc) is 3.38. The minimum Gasteiger partial charge on any atom is -0.493 e. The normalized spacial score (nSPS) is 14.0. The van der Waals surface area contributed by atoms with Gasteiger partial charge in [-0.05, 0) is 42.7 Å². The zero-order valence-corrected chi connectivity index (χ0v) is 15.2. The summed E-state index contributed by atoms with van der Waals surface area (Å²) in [6.45, 7) is 0. The molecule has 1 saturated carbocycles. The zero-order valence-electron chi connectivity index (χ0n) is 15.2. The number of pyridine rings is 1. The van der Waals surface area contributed by atoms with Gasteiger partial charge in [0.25, 0.3) is 5.91 Å². The van der Waals surface area contributed by atoms with Crippen LogP contribution in [-0.2, 0) is 0 Å². The third-order valence-corrected chi connectivity index (χ3v) is 4.99. The monoisotopic (exact) mass is 373 g/mol. The molecular formula is C21H19N5O2. The van der Waals surface area contributed by atoms with Gasteiger partial charge in [0.05, 0.1) is 29.0 Å². The van der Waals surface area contributed by atoms with Crippen LogP contribution in [0, 0.1) is 11.3 Å². The second-order valence-corrected chi connectivity index (χ2v) is 6.84. The molecule has 3 aromatic rings. The van der Waals surface area contributed by atoms with Crippen molar-refractivity contribution in [3.63, 3.8) is 0 Å². The minimum atomic E-state index is -0.131. The van der Waals surface area contributed by atoms with Gasteiger partial charge in [0.1, 0.15) is 0 Å². The van der Waals surface area contributed by atoms with Gasteiger partial charge in [-0.1, -0.05) is 25.0 Å². The van der Waals surface area contributed by atoms with Crippen LogP contribution in [0.3, 0.4) is 0 Å². The summed E-state index contributed by atoms with van der Waals surface area (Å²) in [6, 6.07) is 12.5. The molecule has 1 fully saturated rings. The molecule has 0 bridgehead atoms. The van der Waals surface area contributed by atoms with Crippen LogP contribution in [0.1, 0.15) is 41.6 Å². The lowest BCUT2D eigenvalue weighted by Gasteiger charge is -2.11. The number of nitrogens with zero attached hydrogens (tertiary/aromatic N) is 4. The Hall–Kier alpha value is -3.66. The Kier molecular flexibility index (Phi) is 4.77. The molecule has 140 valence electrons. The van der Waals surface area contributed by atoms with E-state index < -0.39 is 0 Å². The van der Waals surface area contributed by atoms with E-state index in [1.165, 1.54) is 10.9 Å². The maximum atomic E-state index is 12.3. The second-order valence-electron chi connectivity index (χ2n) is 6.84. The lowest BCUT2D eigenvalue weighted by molar-refractivity contribution is 0.0937. The topological polar surface area (TPSA) is 104 Å². The highest BCUT2D eigenvalue weighted by Crippen LogP contribution is 2.30. The Labute approximate surface area is 162 Å². The maximum absolute atomic E-state index is 12.3. The molecule has 0 saturated heterocycles. The first-order chi connectivity index (χ1) is 13.7. The lowest BCUT2D eigenvalue weighted by atomic mass is 10.1. The van der Waals surface area contributed by atoms with Crippen molar-refractivity contribution in [3.05, 3.63) is 59.9 Å². The Morgan fingerprint density at radius 2 is 1.89 bits per heavy atom. The smallest absolute Gasteiger partial charge is 0.253 e. The van der Waals surface area contributed by atoms with E-state index in [1.807, 2.05) is 0 Å². The van der Waals surface area contributed by atoms with Crippen LogP contribution in [0.2, 0.25) is 0 Å². The molecule has 1 aliphatic rings. The Bertz CT molecular complexity index is 1030. The number of carbonyl (C=O) groups is 1. The molecule has 4 rings (SSSR count). The Morgan fingerprint density at radius 1 is 1.14 bits per heavy atom. The molecule has 0 spiro atoms. The fourth-order valence-corrected chi connectivity index (χ4v) is 3.42. The number of rotatable bonds is 4. The van der Waals surface area contributed by atoms with E-state index in [9.17, 15) is 9.90 Å². The van der Waals surface area contributed by atoms with E-state index in [-0.39, 0.29) is 17.8 Å². The summed E-state index contributed by atoms with van der Waals surface area (Å²) in [5.41, 5.74) is 2.31. The molecule has 0 radical (unpaired) electrons. The summed E-state index contributed by atoms with van der Waals surface area (Å²) in [5, 5.41) is 26.7. The molecule has 7 nitrogen and oxygen atoms in total.